The molecule has 0 bridgehead atoms. The molecule has 0 saturated carbocycles. The number of amides is 2. The predicted molar refractivity (Wildman–Crippen MR) is 84.3 cm³/mol. The topological polar surface area (TPSA) is 96.6 Å². The first kappa shape index (κ1) is 15.5. The average Bonchev–Trinajstić information content (AvgIpc) is 2.50. The van der Waals surface area contributed by atoms with Gasteiger partial charge in [-0.05, 0) is 30.3 Å². The molecule has 0 aliphatic carbocycles. The highest BCUT2D eigenvalue weighted by molar-refractivity contribution is 6.30. The summed E-state index contributed by atoms with van der Waals surface area (Å²) in [6.07, 6.45) is 1.21. The second-order valence-corrected chi connectivity index (χ2v) is 4.58. The first-order valence-corrected chi connectivity index (χ1v) is 6.53. The number of para-hydroxylation sites is 1. The van der Waals surface area contributed by atoms with E-state index in [0.717, 1.165) is 0 Å². The molecule has 0 aromatic heterocycles. The molecule has 2 N–H and O–H groups in total. The smallest absolute Gasteiger partial charge is 0.307 e. The summed E-state index contributed by atoms with van der Waals surface area (Å²) in [4.78, 5) is 21.9. The van der Waals surface area contributed by atoms with Gasteiger partial charge in [-0.3, -0.25) is 10.1 Å². The average molecular weight is 319 g/mol. The molecular weight excluding hydrogens is 308 g/mol. The van der Waals surface area contributed by atoms with Gasteiger partial charge in [0, 0.05) is 16.8 Å². The van der Waals surface area contributed by atoms with Gasteiger partial charge < -0.3 is 5.32 Å². The third-order valence-electron chi connectivity index (χ3n) is 2.61. The van der Waals surface area contributed by atoms with Crippen molar-refractivity contribution < 1.29 is 9.72 Å². The summed E-state index contributed by atoms with van der Waals surface area (Å²) in [6, 6.07) is 12.0. The molecule has 2 aromatic carbocycles. The van der Waals surface area contributed by atoms with Crippen LogP contribution in [0.5, 0.6) is 0 Å². The molecule has 2 amide bonds. The minimum atomic E-state index is -0.572. The van der Waals surface area contributed by atoms with Gasteiger partial charge in [0.15, 0.2) is 0 Å². The molecule has 2 rings (SSSR count). The first-order chi connectivity index (χ1) is 10.6. The number of hydrogen-bond acceptors (Lipinski definition) is 4. The van der Waals surface area contributed by atoms with E-state index in [9.17, 15) is 14.9 Å². The normalized spacial score (nSPS) is 10.4. The Bertz CT molecular complexity index is 716. The quantitative estimate of drug-likeness (QED) is 0.513. The van der Waals surface area contributed by atoms with Crippen molar-refractivity contribution in [3.63, 3.8) is 0 Å². The number of nitro groups is 1. The summed E-state index contributed by atoms with van der Waals surface area (Å²) in [6.45, 7) is 0. The molecule has 0 aliphatic rings. The summed E-state index contributed by atoms with van der Waals surface area (Å²) < 4.78 is 0. The van der Waals surface area contributed by atoms with Crippen molar-refractivity contribution in [3.8, 4) is 0 Å². The van der Waals surface area contributed by atoms with Gasteiger partial charge in [0.2, 0.25) is 0 Å². The van der Waals surface area contributed by atoms with Crippen LogP contribution in [0.3, 0.4) is 0 Å². The number of nitrogens with one attached hydrogen (secondary N) is 2. The summed E-state index contributed by atoms with van der Waals surface area (Å²) in [7, 11) is 0. The van der Waals surface area contributed by atoms with Crippen molar-refractivity contribution in [3.05, 3.63) is 69.2 Å². The van der Waals surface area contributed by atoms with E-state index in [2.05, 4.69) is 15.8 Å². The van der Waals surface area contributed by atoms with E-state index < -0.39 is 11.0 Å². The number of halogens is 1. The summed E-state index contributed by atoms with van der Waals surface area (Å²) in [5, 5.41) is 17.6. The Morgan fingerprint density at radius 2 is 1.86 bits per heavy atom. The maximum absolute atomic E-state index is 11.6. The Morgan fingerprint density at radius 1 is 1.18 bits per heavy atom. The molecule has 0 unspecified atom stereocenters. The third kappa shape index (κ3) is 4.29. The van der Waals surface area contributed by atoms with Crippen LogP contribution < -0.4 is 10.7 Å². The zero-order valence-corrected chi connectivity index (χ0v) is 11.9. The molecule has 7 nitrogen and oxygen atoms in total. The van der Waals surface area contributed by atoms with Crippen LogP contribution in [0, 0.1) is 10.1 Å². The number of benzene rings is 2. The number of nitrogens with zero attached hydrogens (tertiary/aromatic N) is 2. The second kappa shape index (κ2) is 7.19. The zero-order chi connectivity index (χ0) is 15.9. The Balaban J connectivity index is 1.96. The van der Waals surface area contributed by atoms with Gasteiger partial charge in [-0.1, -0.05) is 23.7 Å². The van der Waals surface area contributed by atoms with Gasteiger partial charge in [-0.15, -0.1) is 0 Å². The van der Waals surface area contributed by atoms with E-state index >= 15 is 0 Å². The summed E-state index contributed by atoms with van der Waals surface area (Å²) >= 11 is 5.73. The lowest BCUT2D eigenvalue weighted by molar-refractivity contribution is -0.385. The van der Waals surface area contributed by atoms with E-state index in [1.54, 1.807) is 36.4 Å². The fourth-order valence-corrected chi connectivity index (χ4v) is 1.74. The second-order valence-electron chi connectivity index (χ2n) is 4.15. The van der Waals surface area contributed by atoms with E-state index in [-0.39, 0.29) is 5.69 Å². The van der Waals surface area contributed by atoms with E-state index in [1.807, 2.05) is 0 Å². The molecule has 2 aromatic rings. The van der Waals surface area contributed by atoms with Crippen molar-refractivity contribution in [1.82, 2.24) is 5.43 Å². The number of anilines is 1. The first-order valence-electron chi connectivity index (χ1n) is 6.15. The zero-order valence-electron chi connectivity index (χ0n) is 11.2. The molecule has 0 saturated heterocycles. The molecule has 0 spiro atoms. The van der Waals surface area contributed by atoms with Crippen LogP contribution in [0.1, 0.15) is 5.56 Å². The lowest BCUT2D eigenvalue weighted by Gasteiger charge is -2.03. The van der Waals surface area contributed by atoms with Crippen LogP contribution in [0.4, 0.5) is 16.2 Å². The SMILES string of the molecule is O=C(N/N=C\c1ccccc1[N+](=O)[O-])Nc1ccc(Cl)cc1. The molecule has 8 heteroatoms. The third-order valence-corrected chi connectivity index (χ3v) is 2.86. The fraction of sp³-hybridized carbons (Fsp3) is 0. The Labute approximate surface area is 130 Å². The minimum absolute atomic E-state index is 0.0915. The monoisotopic (exact) mass is 318 g/mol. The highest BCUT2D eigenvalue weighted by Crippen LogP contribution is 2.15. The van der Waals surface area contributed by atoms with E-state index in [0.29, 0.717) is 16.3 Å². The van der Waals surface area contributed by atoms with Crippen molar-refractivity contribution in [2.24, 2.45) is 5.10 Å². The van der Waals surface area contributed by atoms with Crippen LogP contribution in [0.2, 0.25) is 5.02 Å². The van der Waals surface area contributed by atoms with Crippen LogP contribution in [-0.2, 0) is 0 Å². The number of nitro benzene ring substituents is 1. The number of urea groups is 1. The molecule has 0 heterocycles. The molecule has 0 aliphatic heterocycles. The Hall–Kier alpha value is -2.93. The number of hydrogen-bond donors (Lipinski definition) is 2. The highest BCUT2D eigenvalue weighted by atomic mass is 35.5. The van der Waals surface area contributed by atoms with Crippen LogP contribution in [0.15, 0.2) is 53.6 Å². The molecular formula is C14H11ClN4O3. The highest BCUT2D eigenvalue weighted by Gasteiger charge is 2.10. The van der Waals surface area contributed by atoms with Gasteiger partial charge in [0.25, 0.3) is 5.69 Å². The van der Waals surface area contributed by atoms with Crippen molar-refractivity contribution in [2.45, 2.75) is 0 Å². The predicted octanol–water partition coefficient (Wildman–Crippen LogP) is 3.40. The molecule has 22 heavy (non-hydrogen) atoms. The molecule has 0 fully saturated rings. The lowest BCUT2D eigenvalue weighted by atomic mass is 10.2. The number of carbonyl (C=O) groups excluding carboxylic acids is 1. The van der Waals surface area contributed by atoms with Crippen LogP contribution >= 0.6 is 11.6 Å². The number of rotatable bonds is 4. The lowest BCUT2D eigenvalue weighted by Crippen LogP contribution is -2.24. The Morgan fingerprint density at radius 3 is 2.55 bits per heavy atom. The van der Waals surface area contributed by atoms with Gasteiger partial charge in [-0.2, -0.15) is 5.10 Å². The van der Waals surface area contributed by atoms with E-state index in [1.165, 1.54) is 18.3 Å². The standard InChI is InChI=1S/C14H11ClN4O3/c15-11-5-7-12(8-6-11)17-14(20)18-16-9-10-3-1-2-4-13(10)19(21)22/h1-9H,(H2,17,18,20)/b16-9-. The van der Waals surface area contributed by atoms with Gasteiger partial charge >= 0.3 is 6.03 Å². The van der Waals surface area contributed by atoms with Crippen LogP contribution in [0.25, 0.3) is 0 Å². The largest absolute Gasteiger partial charge is 0.339 e. The van der Waals surface area contributed by atoms with Gasteiger partial charge in [0.1, 0.15) is 0 Å². The summed E-state index contributed by atoms with van der Waals surface area (Å²) in [5.41, 5.74) is 2.97. The van der Waals surface area contributed by atoms with Crippen molar-refractivity contribution in [2.75, 3.05) is 5.32 Å². The Kier molecular flexibility index (Phi) is 5.05. The number of hydrazone groups is 1. The molecule has 112 valence electrons. The molecule has 0 atom stereocenters. The maximum Gasteiger partial charge on any atom is 0.339 e. The molecule has 0 radical (unpaired) electrons. The van der Waals surface area contributed by atoms with Crippen molar-refractivity contribution >= 4 is 35.2 Å². The summed E-state index contributed by atoms with van der Waals surface area (Å²) in [5.74, 6) is 0. The number of carbonyl (C=O) groups is 1. The van der Waals surface area contributed by atoms with Crippen LogP contribution in [-0.4, -0.2) is 17.2 Å². The minimum Gasteiger partial charge on any atom is -0.307 e. The van der Waals surface area contributed by atoms with Gasteiger partial charge in [0.05, 0.1) is 16.7 Å². The van der Waals surface area contributed by atoms with Gasteiger partial charge in [-0.25, -0.2) is 10.2 Å². The van der Waals surface area contributed by atoms with Crippen molar-refractivity contribution in [1.29, 1.82) is 0 Å². The fourth-order valence-electron chi connectivity index (χ4n) is 1.62. The maximum atomic E-state index is 11.6. The van der Waals surface area contributed by atoms with E-state index in [4.69, 9.17) is 11.6 Å².